The molecule has 1 unspecified atom stereocenters. The lowest BCUT2D eigenvalue weighted by Crippen LogP contribution is -2.44. The molecule has 2 aromatic carbocycles. The minimum absolute atomic E-state index is 0.0600. The Labute approximate surface area is 143 Å². The number of amidine groups is 1. The summed E-state index contributed by atoms with van der Waals surface area (Å²) >= 11 is 0. The molecule has 0 saturated carbocycles. The first kappa shape index (κ1) is 14.7. The number of para-hydroxylation sites is 1. The van der Waals surface area contributed by atoms with E-state index in [1.165, 1.54) is 0 Å². The molecule has 0 amide bonds. The van der Waals surface area contributed by atoms with E-state index in [0.29, 0.717) is 0 Å². The van der Waals surface area contributed by atoms with Crippen LogP contribution in [0, 0.1) is 6.92 Å². The number of thiazole rings is 1. The van der Waals surface area contributed by atoms with Gasteiger partial charge in [-0.2, -0.15) is 4.98 Å². The van der Waals surface area contributed by atoms with Gasteiger partial charge in [0, 0.05) is 16.0 Å². The highest BCUT2D eigenvalue weighted by atomic mass is 32.2. The molecule has 0 bridgehead atoms. The maximum Gasteiger partial charge on any atom is 0.382 e. The van der Waals surface area contributed by atoms with Gasteiger partial charge in [0.25, 0.3) is 0 Å². The molecule has 0 radical (unpaired) electrons. The van der Waals surface area contributed by atoms with Crippen molar-refractivity contribution in [2.24, 2.45) is 11.4 Å². The van der Waals surface area contributed by atoms with Crippen LogP contribution >= 0.6 is 10.5 Å². The number of aromatic nitrogens is 1. The third kappa shape index (κ3) is 2.61. The van der Waals surface area contributed by atoms with E-state index in [0.717, 1.165) is 27.9 Å². The lowest BCUT2D eigenvalue weighted by atomic mass is 10.2. The Bertz CT molecular complexity index is 873. The van der Waals surface area contributed by atoms with Gasteiger partial charge in [0.1, 0.15) is 6.26 Å². The summed E-state index contributed by atoms with van der Waals surface area (Å²) in [6.45, 7) is 2.03. The van der Waals surface area contributed by atoms with Gasteiger partial charge in [-0.3, -0.25) is 5.43 Å². The highest BCUT2D eigenvalue weighted by molar-refractivity contribution is 7.31. The SMILES string of the molecule is Cc1c[s+](C)c(N2NC(c3ccccc3)=NN2c2ccccc2)n1. The summed E-state index contributed by atoms with van der Waals surface area (Å²) in [5.41, 5.74) is 6.47. The second-order valence-corrected chi connectivity index (χ2v) is 7.29. The first-order chi connectivity index (χ1) is 11.7. The molecule has 0 fully saturated rings. The summed E-state index contributed by atoms with van der Waals surface area (Å²) in [6, 6.07) is 20.2. The molecule has 120 valence electrons. The molecular formula is C18H18N5S+. The van der Waals surface area contributed by atoms with Gasteiger partial charge in [-0.05, 0) is 19.1 Å². The van der Waals surface area contributed by atoms with Crippen LogP contribution in [0.2, 0.25) is 0 Å². The second-order valence-electron chi connectivity index (χ2n) is 5.57. The molecule has 5 nitrogen and oxygen atoms in total. The van der Waals surface area contributed by atoms with Gasteiger partial charge in [0.15, 0.2) is 11.2 Å². The first-order valence-corrected chi connectivity index (χ1v) is 9.40. The number of hydrazine groups is 2. The van der Waals surface area contributed by atoms with Crippen LogP contribution in [0.5, 0.6) is 0 Å². The first-order valence-electron chi connectivity index (χ1n) is 7.70. The number of hydrogen-bond acceptors (Lipinski definition) is 5. The molecule has 0 spiro atoms. The predicted molar refractivity (Wildman–Crippen MR) is 99.9 cm³/mol. The predicted octanol–water partition coefficient (Wildman–Crippen LogP) is 3.78. The Hall–Kier alpha value is -2.86. The molecule has 1 aromatic heterocycles. The Morgan fingerprint density at radius 2 is 1.62 bits per heavy atom. The second kappa shape index (κ2) is 5.98. The van der Waals surface area contributed by atoms with Crippen molar-refractivity contribution in [1.29, 1.82) is 0 Å². The average molecular weight is 336 g/mol. The molecule has 6 heteroatoms. The maximum atomic E-state index is 4.78. The number of nitrogens with zero attached hydrogens (tertiary/aromatic N) is 4. The zero-order valence-electron chi connectivity index (χ0n) is 13.5. The van der Waals surface area contributed by atoms with E-state index in [4.69, 9.17) is 10.1 Å². The summed E-state index contributed by atoms with van der Waals surface area (Å²) in [6.07, 6.45) is 2.17. The van der Waals surface area contributed by atoms with Gasteiger partial charge in [0.2, 0.25) is 0 Å². The third-order valence-electron chi connectivity index (χ3n) is 3.72. The summed E-state index contributed by atoms with van der Waals surface area (Å²) in [4.78, 5) is 4.69. The zero-order chi connectivity index (χ0) is 16.5. The number of anilines is 2. The molecule has 1 aliphatic heterocycles. The van der Waals surface area contributed by atoms with Gasteiger partial charge in [-0.1, -0.05) is 48.5 Å². The van der Waals surface area contributed by atoms with Gasteiger partial charge in [0.05, 0.1) is 11.4 Å². The third-order valence-corrected chi connectivity index (χ3v) is 5.25. The van der Waals surface area contributed by atoms with E-state index in [-0.39, 0.29) is 10.5 Å². The van der Waals surface area contributed by atoms with Crippen molar-refractivity contribution >= 4 is 27.1 Å². The van der Waals surface area contributed by atoms with E-state index in [9.17, 15) is 0 Å². The van der Waals surface area contributed by atoms with Crippen molar-refractivity contribution in [3.63, 3.8) is 0 Å². The average Bonchev–Trinajstić information content (AvgIpc) is 3.19. The van der Waals surface area contributed by atoms with Crippen LogP contribution in [0.25, 0.3) is 0 Å². The Morgan fingerprint density at radius 3 is 2.25 bits per heavy atom. The molecule has 24 heavy (non-hydrogen) atoms. The molecular weight excluding hydrogens is 318 g/mol. The van der Waals surface area contributed by atoms with Gasteiger partial charge < -0.3 is 0 Å². The number of hydrogen-bond donors (Lipinski definition) is 1. The van der Waals surface area contributed by atoms with E-state index in [1.807, 2.05) is 77.8 Å². The van der Waals surface area contributed by atoms with Crippen molar-refractivity contribution in [2.75, 3.05) is 10.2 Å². The smallest absolute Gasteiger partial charge is 0.253 e. The Morgan fingerprint density at radius 1 is 0.958 bits per heavy atom. The highest BCUT2D eigenvalue weighted by Gasteiger charge is 2.33. The fourth-order valence-electron chi connectivity index (χ4n) is 2.63. The van der Waals surface area contributed by atoms with Crippen LogP contribution in [-0.4, -0.2) is 10.8 Å². The van der Waals surface area contributed by atoms with Crippen LogP contribution in [0.3, 0.4) is 0 Å². The van der Waals surface area contributed by atoms with Gasteiger partial charge in [-0.15, -0.1) is 15.3 Å². The molecule has 1 aliphatic rings. The van der Waals surface area contributed by atoms with E-state index in [1.54, 1.807) is 0 Å². The van der Waals surface area contributed by atoms with Crippen LogP contribution < -0.4 is 15.7 Å². The summed E-state index contributed by atoms with van der Waals surface area (Å²) < 4.78 is 0. The standard InChI is InChI=1S/C18H18N5S/c1-14-13-24(2)18(19-14)23-21-17(15-9-5-3-6-10-15)20-22(23)16-11-7-4-8-12-16/h3-13H,1-2H3,(H,20,21)/q+1. The molecule has 1 N–H and O–H groups in total. The largest absolute Gasteiger partial charge is 0.382 e. The molecule has 4 rings (SSSR count). The van der Waals surface area contributed by atoms with Gasteiger partial charge in [-0.25, -0.2) is 0 Å². The highest BCUT2D eigenvalue weighted by Crippen LogP contribution is 2.33. The van der Waals surface area contributed by atoms with Crippen molar-refractivity contribution in [3.8, 4) is 0 Å². The van der Waals surface area contributed by atoms with E-state index < -0.39 is 0 Å². The topological polar surface area (TPSA) is 43.8 Å². The van der Waals surface area contributed by atoms with Crippen molar-refractivity contribution in [3.05, 3.63) is 77.3 Å². The molecule has 3 aromatic rings. The number of aryl methyl sites for hydroxylation is 2. The summed E-state index contributed by atoms with van der Waals surface area (Å²) in [5.74, 6) is 0.809. The van der Waals surface area contributed by atoms with Crippen LogP contribution in [-0.2, 0) is 6.26 Å². The molecule has 2 heterocycles. The maximum absolute atomic E-state index is 4.78. The minimum Gasteiger partial charge on any atom is -0.253 e. The monoisotopic (exact) mass is 336 g/mol. The molecule has 0 saturated heterocycles. The number of benzene rings is 2. The number of hydrazone groups is 1. The van der Waals surface area contributed by atoms with Gasteiger partial charge >= 0.3 is 5.13 Å². The zero-order valence-corrected chi connectivity index (χ0v) is 14.4. The number of rotatable bonds is 3. The quantitative estimate of drug-likeness (QED) is 0.739. The van der Waals surface area contributed by atoms with Crippen molar-refractivity contribution < 1.29 is 0 Å². The number of nitrogens with one attached hydrogen (secondary N) is 1. The van der Waals surface area contributed by atoms with E-state index >= 15 is 0 Å². The van der Waals surface area contributed by atoms with Crippen LogP contribution in [0.15, 0.2) is 71.1 Å². The van der Waals surface area contributed by atoms with E-state index in [2.05, 4.69) is 17.1 Å². The van der Waals surface area contributed by atoms with Crippen LogP contribution in [0.1, 0.15) is 11.3 Å². The lowest BCUT2D eigenvalue weighted by molar-refractivity contribution is 0.764. The van der Waals surface area contributed by atoms with Crippen LogP contribution in [0.4, 0.5) is 10.8 Å². The fourth-order valence-corrected chi connectivity index (χ4v) is 3.99. The normalized spacial score (nSPS) is 14.6. The van der Waals surface area contributed by atoms with Crippen molar-refractivity contribution in [1.82, 2.24) is 10.4 Å². The summed E-state index contributed by atoms with van der Waals surface area (Å²) in [7, 11) is -0.0600. The minimum atomic E-state index is -0.0600. The molecule has 1 atom stereocenters. The lowest BCUT2D eigenvalue weighted by Gasteiger charge is -2.23. The Balaban J connectivity index is 1.77. The Kier molecular flexibility index (Phi) is 3.66. The molecule has 0 aliphatic carbocycles. The fraction of sp³-hybridized carbons (Fsp3) is 0.111. The summed E-state index contributed by atoms with van der Waals surface area (Å²) in [5, 5.41) is 11.7. The van der Waals surface area contributed by atoms with Crippen molar-refractivity contribution in [2.45, 2.75) is 6.92 Å².